The molecule has 1 aromatic heterocycles. The van der Waals surface area contributed by atoms with Gasteiger partial charge in [0, 0.05) is 30.5 Å². The van der Waals surface area contributed by atoms with Gasteiger partial charge in [-0.25, -0.2) is 4.79 Å². The zero-order valence-electron chi connectivity index (χ0n) is 19.8. The third-order valence-corrected chi connectivity index (χ3v) is 8.69. The minimum absolute atomic E-state index is 0.0779. The highest BCUT2D eigenvalue weighted by atomic mass is 32.2. The maximum atomic E-state index is 12.1. The van der Waals surface area contributed by atoms with Crippen LogP contribution in [-0.4, -0.2) is 95.8 Å². The summed E-state index contributed by atoms with van der Waals surface area (Å²) >= 11 is 3.12. The van der Waals surface area contributed by atoms with Gasteiger partial charge in [-0.05, 0) is 31.3 Å². The number of thioether (sulfide) groups is 2. The molecule has 0 spiro atoms. The fraction of sp³-hybridized carbons (Fsp3) is 0.818. The quantitative estimate of drug-likeness (QED) is 0.186. The molecule has 3 rings (SSSR count). The van der Waals surface area contributed by atoms with E-state index in [1.165, 1.54) is 22.5 Å². The van der Waals surface area contributed by atoms with E-state index in [1.54, 1.807) is 18.7 Å². The van der Waals surface area contributed by atoms with E-state index in [1.807, 2.05) is 0 Å². The summed E-state index contributed by atoms with van der Waals surface area (Å²) in [5.41, 5.74) is 4.41. The predicted molar refractivity (Wildman–Crippen MR) is 135 cm³/mol. The number of ether oxygens (including phenoxy) is 2. The maximum absolute atomic E-state index is 12.1. The monoisotopic (exact) mass is 535 g/mol. The highest BCUT2D eigenvalue weighted by Crippen LogP contribution is 2.31. The van der Waals surface area contributed by atoms with Gasteiger partial charge in [0.1, 0.15) is 30.0 Å². The van der Waals surface area contributed by atoms with Crippen LogP contribution in [-0.2, 0) is 9.47 Å². The van der Waals surface area contributed by atoms with E-state index in [0.717, 1.165) is 37.2 Å². The van der Waals surface area contributed by atoms with E-state index in [9.17, 15) is 30.0 Å². The Hall–Kier alpha value is -0.900. The van der Waals surface area contributed by atoms with Crippen molar-refractivity contribution in [1.82, 2.24) is 9.55 Å². The van der Waals surface area contributed by atoms with E-state index >= 15 is 0 Å². The van der Waals surface area contributed by atoms with Gasteiger partial charge in [-0.2, -0.15) is 11.8 Å². The number of hydrogen-bond donors (Lipinski definition) is 6. The molecule has 8 atom stereocenters. The number of aromatic amines is 1. The zero-order valence-corrected chi connectivity index (χ0v) is 21.5. The van der Waals surface area contributed by atoms with Crippen LogP contribution >= 0.6 is 23.5 Å². The van der Waals surface area contributed by atoms with Gasteiger partial charge in [0.25, 0.3) is 5.56 Å². The summed E-state index contributed by atoms with van der Waals surface area (Å²) in [5, 5.41) is 40.2. The van der Waals surface area contributed by atoms with Crippen LogP contribution in [0.5, 0.6) is 0 Å². The number of aromatic nitrogens is 2. The Morgan fingerprint density at radius 2 is 1.74 bits per heavy atom. The average Bonchev–Trinajstić information content (AvgIpc) is 3.20. The van der Waals surface area contributed by atoms with Crippen molar-refractivity contribution in [2.24, 2.45) is 5.73 Å². The molecular formula is C22H37N3O8S2. The molecule has 2 aliphatic rings. The first-order chi connectivity index (χ1) is 16.7. The predicted octanol–water partition coefficient (Wildman–Crippen LogP) is -0.713. The fourth-order valence-electron chi connectivity index (χ4n) is 4.14. The molecule has 35 heavy (non-hydrogen) atoms. The number of nitrogens with zero attached hydrogens (tertiary/aromatic N) is 1. The lowest BCUT2D eigenvalue weighted by Crippen LogP contribution is -2.58. The number of H-pyrrole nitrogens is 1. The second kappa shape index (κ2) is 13.6. The Morgan fingerprint density at radius 1 is 1.03 bits per heavy atom. The molecule has 3 heterocycles. The molecule has 200 valence electrons. The van der Waals surface area contributed by atoms with Crippen LogP contribution in [0.1, 0.15) is 43.9 Å². The first-order valence-electron chi connectivity index (χ1n) is 12.0. The Bertz CT molecular complexity index is 913. The third-order valence-electron chi connectivity index (χ3n) is 6.31. The summed E-state index contributed by atoms with van der Waals surface area (Å²) < 4.78 is 12.8. The van der Waals surface area contributed by atoms with E-state index < -0.39 is 53.4 Å². The summed E-state index contributed by atoms with van der Waals surface area (Å²) in [6.45, 7) is 1.70. The van der Waals surface area contributed by atoms with Crippen molar-refractivity contribution in [2.75, 3.05) is 23.8 Å². The zero-order chi connectivity index (χ0) is 25.5. The van der Waals surface area contributed by atoms with Crippen LogP contribution in [0.2, 0.25) is 0 Å². The van der Waals surface area contributed by atoms with E-state index in [4.69, 9.17) is 15.2 Å². The molecule has 11 nitrogen and oxygen atoms in total. The van der Waals surface area contributed by atoms with Gasteiger partial charge in [0.15, 0.2) is 0 Å². The standard InChI is InChI=1S/C22H37N3O8S2/c1-12-10-25(22(31)24-20(12)30)16-8-13(26)15(32-16)11-34-6-4-2-3-5-7-35-21-19(29)18(28)17(27)14(9-23)33-21/h10,13-19,21,26-29H,2-9,11,23H2,1H3,(H,24,30,31)/t13-,14+,15+,16+,17+,18-,19+,21-/m0/s1. The fourth-order valence-corrected chi connectivity index (χ4v) is 6.43. The van der Waals surface area contributed by atoms with Crippen molar-refractivity contribution in [3.8, 4) is 0 Å². The van der Waals surface area contributed by atoms with Crippen molar-refractivity contribution < 1.29 is 29.9 Å². The number of hydrogen-bond acceptors (Lipinski definition) is 11. The lowest BCUT2D eigenvalue weighted by atomic mass is 10.0. The SMILES string of the molecule is Cc1cn([C@H]2C[C@H](O)[C@@H](CSCCCCCCS[C@@H]3O[C@H](CN)[C@@H](O)[C@H](O)[C@H]3O)O2)c(=O)[nH]c1=O. The second-order valence-electron chi connectivity index (χ2n) is 9.02. The highest BCUT2D eigenvalue weighted by Gasteiger charge is 2.43. The average molecular weight is 536 g/mol. The van der Waals surface area contributed by atoms with E-state index in [-0.39, 0.29) is 12.6 Å². The number of rotatable bonds is 12. The summed E-state index contributed by atoms with van der Waals surface area (Å²) in [7, 11) is 0. The summed E-state index contributed by atoms with van der Waals surface area (Å²) in [6, 6.07) is 0. The number of nitrogens with two attached hydrogens (primary N) is 1. The lowest BCUT2D eigenvalue weighted by Gasteiger charge is -2.39. The first kappa shape index (κ1) is 28.7. The number of aliphatic hydroxyl groups is 4. The molecule has 2 aliphatic heterocycles. The van der Waals surface area contributed by atoms with Crippen LogP contribution in [0.4, 0.5) is 0 Å². The van der Waals surface area contributed by atoms with Crippen LogP contribution in [0.25, 0.3) is 0 Å². The molecule has 2 saturated heterocycles. The second-order valence-corrected chi connectivity index (χ2v) is 11.4. The number of nitrogens with one attached hydrogen (secondary N) is 1. The maximum Gasteiger partial charge on any atom is 0.330 e. The van der Waals surface area contributed by atoms with Crippen molar-refractivity contribution in [2.45, 2.75) is 87.3 Å². The van der Waals surface area contributed by atoms with Gasteiger partial charge < -0.3 is 35.6 Å². The molecule has 0 saturated carbocycles. The molecule has 0 aliphatic carbocycles. The molecule has 2 fully saturated rings. The Kier molecular flexibility index (Phi) is 11.1. The van der Waals surface area contributed by atoms with Gasteiger partial charge in [-0.3, -0.25) is 14.3 Å². The summed E-state index contributed by atoms with van der Waals surface area (Å²) in [5.74, 6) is 2.31. The minimum Gasteiger partial charge on any atom is -0.390 e. The van der Waals surface area contributed by atoms with Crippen molar-refractivity contribution in [3.63, 3.8) is 0 Å². The van der Waals surface area contributed by atoms with Gasteiger partial charge in [0.2, 0.25) is 0 Å². The lowest BCUT2D eigenvalue weighted by molar-refractivity contribution is -0.194. The van der Waals surface area contributed by atoms with E-state index in [2.05, 4.69) is 4.98 Å². The normalized spacial score (nSPS) is 33.3. The van der Waals surface area contributed by atoms with Gasteiger partial charge in [0.05, 0.1) is 18.3 Å². The largest absolute Gasteiger partial charge is 0.390 e. The van der Waals surface area contributed by atoms with Crippen molar-refractivity contribution in [1.29, 1.82) is 0 Å². The molecule has 0 bridgehead atoms. The molecule has 0 amide bonds. The topological polar surface area (TPSA) is 180 Å². The minimum atomic E-state index is -1.26. The number of unbranched alkanes of at least 4 members (excludes halogenated alkanes) is 3. The molecular weight excluding hydrogens is 498 g/mol. The highest BCUT2D eigenvalue weighted by molar-refractivity contribution is 7.99. The van der Waals surface area contributed by atoms with E-state index in [0.29, 0.717) is 17.7 Å². The third kappa shape index (κ3) is 7.55. The smallest absolute Gasteiger partial charge is 0.330 e. The van der Waals surface area contributed by atoms with Crippen LogP contribution < -0.4 is 17.0 Å². The molecule has 0 radical (unpaired) electrons. The molecule has 1 aromatic rings. The van der Waals surface area contributed by atoms with Gasteiger partial charge in [-0.1, -0.05) is 12.8 Å². The summed E-state index contributed by atoms with van der Waals surface area (Å²) in [6.07, 6.45) is -0.107. The Balaban J connectivity index is 1.27. The summed E-state index contributed by atoms with van der Waals surface area (Å²) in [4.78, 5) is 25.9. The Morgan fingerprint density at radius 3 is 2.46 bits per heavy atom. The number of aryl methyl sites for hydroxylation is 1. The van der Waals surface area contributed by atoms with Crippen LogP contribution in [0.3, 0.4) is 0 Å². The molecule has 13 heteroatoms. The Labute approximate surface area is 212 Å². The van der Waals surface area contributed by atoms with Crippen molar-refractivity contribution >= 4 is 23.5 Å². The van der Waals surface area contributed by atoms with Crippen molar-refractivity contribution in [3.05, 3.63) is 32.6 Å². The van der Waals surface area contributed by atoms with Gasteiger partial charge >= 0.3 is 5.69 Å². The van der Waals surface area contributed by atoms with Crippen LogP contribution in [0, 0.1) is 6.92 Å². The van der Waals surface area contributed by atoms with Crippen LogP contribution in [0.15, 0.2) is 15.8 Å². The number of aliphatic hydroxyl groups excluding tert-OH is 4. The molecule has 0 unspecified atom stereocenters. The molecule has 0 aromatic carbocycles. The van der Waals surface area contributed by atoms with Gasteiger partial charge in [-0.15, -0.1) is 11.8 Å². The first-order valence-corrected chi connectivity index (χ1v) is 14.2. The molecule has 7 N–H and O–H groups in total.